The Balaban J connectivity index is 2.46. The Kier molecular flexibility index (Phi) is 3.11. The van der Waals surface area contributed by atoms with Crippen molar-refractivity contribution in [3.63, 3.8) is 0 Å². The molecule has 0 aliphatic carbocycles. The van der Waals surface area contributed by atoms with Gasteiger partial charge in [0.15, 0.2) is 0 Å². The van der Waals surface area contributed by atoms with Gasteiger partial charge in [-0.25, -0.2) is 9.59 Å². The number of ether oxygens (including phenoxy) is 1. The van der Waals surface area contributed by atoms with E-state index in [0.29, 0.717) is 19.5 Å². The second-order valence-corrected chi connectivity index (χ2v) is 2.99. The Morgan fingerprint density at radius 3 is 2.92 bits per heavy atom. The van der Waals surface area contributed by atoms with Crippen molar-refractivity contribution >= 4 is 12.1 Å². The molecule has 1 aliphatic heterocycles. The highest BCUT2D eigenvalue weighted by Gasteiger charge is 2.30. The third-order valence-electron chi connectivity index (χ3n) is 1.93. The summed E-state index contributed by atoms with van der Waals surface area (Å²) >= 11 is 0. The molecular weight excluding hydrogens is 174 g/mol. The first-order valence-corrected chi connectivity index (χ1v) is 4.33. The van der Waals surface area contributed by atoms with Crippen LogP contribution in [0.3, 0.4) is 0 Å². The summed E-state index contributed by atoms with van der Waals surface area (Å²) in [6.45, 7) is 3.06. The SMILES string of the molecule is CCCN1CCC(C(=O)O)OC1=O. The van der Waals surface area contributed by atoms with Crippen LogP contribution in [0.2, 0.25) is 0 Å². The summed E-state index contributed by atoms with van der Waals surface area (Å²) in [4.78, 5) is 23.1. The van der Waals surface area contributed by atoms with E-state index in [1.54, 1.807) is 0 Å². The molecular formula is C8H13NO4. The Morgan fingerprint density at radius 2 is 2.46 bits per heavy atom. The number of aliphatic carboxylic acids is 1. The highest BCUT2D eigenvalue weighted by Crippen LogP contribution is 2.12. The quantitative estimate of drug-likeness (QED) is 0.706. The number of rotatable bonds is 3. The van der Waals surface area contributed by atoms with Crippen molar-refractivity contribution in [2.75, 3.05) is 13.1 Å². The van der Waals surface area contributed by atoms with Crippen LogP contribution < -0.4 is 0 Å². The van der Waals surface area contributed by atoms with Crippen LogP contribution in [0.15, 0.2) is 0 Å². The van der Waals surface area contributed by atoms with Crippen molar-refractivity contribution in [3.05, 3.63) is 0 Å². The maximum Gasteiger partial charge on any atom is 0.410 e. The maximum atomic E-state index is 11.1. The minimum atomic E-state index is -1.07. The minimum absolute atomic E-state index is 0.376. The summed E-state index contributed by atoms with van der Waals surface area (Å²) in [5.74, 6) is -1.07. The van der Waals surface area contributed by atoms with Gasteiger partial charge in [-0.15, -0.1) is 0 Å². The summed E-state index contributed by atoms with van der Waals surface area (Å²) < 4.78 is 4.70. The van der Waals surface area contributed by atoms with Crippen LogP contribution in [0.4, 0.5) is 4.79 Å². The Hall–Kier alpha value is -1.26. The van der Waals surface area contributed by atoms with E-state index in [0.717, 1.165) is 6.42 Å². The zero-order valence-electron chi connectivity index (χ0n) is 7.52. The average molecular weight is 187 g/mol. The lowest BCUT2D eigenvalue weighted by Crippen LogP contribution is -2.44. The third kappa shape index (κ3) is 2.34. The van der Waals surface area contributed by atoms with Gasteiger partial charge in [0.25, 0.3) is 0 Å². The molecule has 0 radical (unpaired) electrons. The number of carbonyl (C=O) groups excluding carboxylic acids is 1. The smallest absolute Gasteiger partial charge is 0.410 e. The van der Waals surface area contributed by atoms with Crippen molar-refractivity contribution in [2.24, 2.45) is 0 Å². The van der Waals surface area contributed by atoms with Crippen LogP contribution in [-0.4, -0.2) is 41.3 Å². The standard InChI is InChI=1S/C8H13NO4/c1-2-4-9-5-3-6(7(10)11)13-8(9)12/h6H,2-5H2,1H3,(H,10,11). The number of nitrogens with zero attached hydrogens (tertiary/aromatic N) is 1. The van der Waals surface area contributed by atoms with Gasteiger partial charge in [-0.3, -0.25) is 0 Å². The molecule has 1 unspecified atom stereocenters. The molecule has 0 aromatic heterocycles. The van der Waals surface area contributed by atoms with Crippen molar-refractivity contribution in [1.82, 2.24) is 4.90 Å². The van der Waals surface area contributed by atoms with Gasteiger partial charge in [0.05, 0.1) is 0 Å². The normalized spacial score (nSPS) is 22.7. The average Bonchev–Trinajstić information content (AvgIpc) is 2.08. The van der Waals surface area contributed by atoms with Crippen LogP contribution in [0.25, 0.3) is 0 Å². The van der Waals surface area contributed by atoms with Crippen LogP contribution in [-0.2, 0) is 9.53 Å². The van der Waals surface area contributed by atoms with E-state index < -0.39 is 18.2 Å². The lowest BCUT2D eigenvalue weighted by Gasteiger charge is -2.29. The molecule has 0 spiro atoms. The molecule has 1 saturated heterocycles. The zero-order valence-corrected chi connectivity index (χ0v) is 7.52. The van der Waals surface area contributed by atoms with E-state index in [-0.39, 0.29) is 0 Å². The van der Waals surface area contributed by atoms with E-state index in [4.69, 9.17) is 9.84 Å². The Bertz CT molecular complexity index is 216. The molecule has 1 atom stereocenters. The van der Waals surface area contributed by atoms with Crippen molar-refractivity contribution < 1.29 is 19.4 Å². The molecule has 1 heterocycles. The number of hydrogen-bond donors (Lipinski definition) is 1. The maximum absolute atomic E-state index is 11.1. The molecule has 5 heteroatoms. The van der Waals surface area contributed by atoms with Gasteiger partial charge in [-0.2, -0.15) is 0 Å². The van der Waals surface area contributed by atoms with Gasteiger partial charge in [0, 0.05) is 19.5 Å². The van der Waals surface area contributed by atoms with E-state index in [2.05, 4.69) is 0 Å². The fourth-order valence-electron chi connectivity index (χ4n) is 1.27. The first kappa shape index (κ1) is 9.83. The van der Waals surface area contributed by atoms with E-state index in [1.165, 1.54) is 4.90 Å². The molecule has 74 valence electrons. The molecule has 5 nitrogen and oxygen atoms in total. The van der Waals surface area contributed by atoms with E-state index in [9.17, 15) is 9.59 Å². The number of carboxylic acid groups (broad SMARTS) is 1. The summed E-state index contributed by atoms with van der Waals surface area (Å²) in [6, 6.07) is 0. The molecule has 0 aromatic carbocycles. The lowest BCUT2D eigenvalue weighted by atomic mass is 10.2. The zero-order chi connectivity index (χ0) is 9.84. The molecule has 0 saturated carbocycles. The van der Waals surface area contributed by atoms with Gasteiger partial charge in [-0.1, -0.05) is 6.92 Å². The highest BCUT2D eigenvalue weighted by atomic mass is 16.6. The summed E-state index contributed by atoms with van der Waals surface area (Å²) in [5.41, 5.74) is 0. The monoisotopic (exact) mass is 187 g/mol. The van der Waals surface area contributed by atoms with Crippen LogP contribution >= 0.6 is 0 Å². The first-order chi connectivity index (χ1) is 6.15. The van der Waals surface area contributed by atoms with E-state index in [1.807, 2.05) is 6.92 Å². The predicted molar refractivity (Wildman–Crippen MR) is 44.4 cm³/mol. The minimum Gasteiger partial charge on any atom is -0.479 e. The van der Waals surface area contributed by atoms with Gasteiger partial charge >= 0.3 is 12.1 Å². The second kappa shape index (κ2) is 4.11. The van der Waals surface area contributed by atoms with Gasteiger partial charge in [0.2, 0.25) is 6.10 Å². The largest absolute Gasteiger partial charge is 0.479 e. The summed E-state index contributed by atoms with van der Waals surface area (Å²) in [7, 11) is 0. The highest BCUT2D eigenvalue weighted by molar-refractivity contribution is 5.78. The molecule has 0 aromatic rings. The number of carbonyl (C=O) groups is 2. The number of carboxylic acids is 1. The third-order valence-corrected chi connectivity index (χ3v) is 1.93. The lowest BCUT2D eigenvalue weighted by molar-refractivity contribution is -0.149. The van der Waals surface area contributed by atoms with Crippen molar-refractivity contribution in [1.29, 1.82) is 0 Å². The van der Waals surface area contributed by atoms with Crippen LogP contribution in [0, 0.1) is 0 Å². The molecule has 0 bridgehead atoms. The predicted octanol–water partition coefficient (Wildman–Crippen LogP) is 0.692. The van der Waals surface area contributed by atoms with Gasteiger partial charge in [0.1, 0.15) is 0 Å². The summed E-state index contributed by atoms with van der Waals surface area (Å²) in [5, 5.41) is 8.58. The van der Waals surface area contributed by atoms with E-state index >= 15 is 0 Å². The molecule has 1 fully saturated rings. The Morgan fingerprint density at radius 1 is 1.77 bits per heavy atom. The van der Waals surface area contributed by atoms with Crippen LogP contribution in [0.5, 0.6) is 0 Å². The molecule has 1 aliphatic rings. The molecule has 13 heavy (non-hydrogen) atoms. The molecule has 1 amide bonds. The second-order valence-electron chi connectivity index (χ2n) is 2.99. The fraction of sp³-hybridized carbons (Fsp3) is 0.750. The molecule has 1 N–H and O–H groups in total. The summed E-state index contributed by atoms with van der Waals surface area (Å²) in [6.07, 6.45) is -0.241. The number of hydrogen-bond acceptors (Lipinski definition) is 3. The van der Waals surface area contributed by atoms with Crippen LogP contribution in [0.1, 0.15) is 19.8 Å². The molecule has 1 rings (SSSR count). The van der Waals surface area contributed by atoms with Crippen molar-refractivity contribution in [2.45, 2.75) is 25.9 Å². The Labute approximate surface area is 76.3 Å². The first-order valence-electron chi connectivity index (χ1n) is 4.33. The number of amides is 1. The van der Waals surface area contributed by atoms with Gasteiger partial charge in [-0.05, 0) is 6.42 Å². The van der Waals surface area contributed by atoms with Crippen molar-refractivity contribution in [3.8, 4) is 0 Å². The topological polar surface area (TPSA) is 66.8 Å². The van der Waals surface area contributed by atoms with Gasteiger partial charge < -0.3 is 14.7 Å². The number of cyclic esters (lactones) is 1. The fourth-order valence-corrected chi connectivity index (χ4v) is 1.27.